The predicted molar refractivity (Wildman–Crippen MR) is 69.6 cm³/mol. The van der Waals surface area contributed by atoms with E-state index in [0.29, 0.717) is 24.1 Å². The quantitative estimate of drug-likeness (QED) is 0.846. The highest BCUT2D eigenvalue weighted by Crippen LogP contribution is 2.31. The van der Waals surface area contributed by atoms with E-state index in [0.717, 1.165) is 17.7 Å². The Morgan fingerprint density at radius 3 is 2.10 bits per heavy atom. The van der Waals surface area contributed by atoms with Gasteiger partial charge in [0.05, 0.1) is 5.56 Å². The van der Waals surface area contributed by atoms with Crippen LogP contribution >= 0.6 is 0 Å². The van der Waals surface area contributed by atoms with Crippen LogP contribution in [-0.2, 0) is 12.6 Å². The van der Waals surface area contributed by atoms with E-state index >= 15 is 0 Å². The highest BCUT2D eigenvalue weighted by atomic mass is 19.4. The van der Waals surface area contributed by atoms with Gasteiger partial charge in [0, 0.05) is 0 Å². The van der Waals surface area contributed by atoms with Crippen molar-refractivity contribution in [2.24, 2.45) is 5.73 Å². The molecule has 2 aromatic carbocycles. The minimum absolute atomic E-state index is 0.385. The third-order valence-electron chi connectivity index (χ3n) is 2.94. The van der Waals surface area contributed by atoms with Gasteiger partial charge in [-0.2, -0.15) is 13.2 Å². The van der Waals surface area contributed by atoms with Gasteiger partial charge in [0.15, 0.2) is 0 Å². The molecule has 0 unspecified atom stereocenters. The average molecular weight is 283 g/mol. The highest BCUT2D eigenvalue weighted by molar-refractivity contribution is 5.64. The first-order valence-electron chi connectivity index (χ1n) is 6.07. The summed E-state index contributed by atoms with van der Waals surface area (Å²) in [6.07, 6.45) is -3.85. The van der Waals surface area contributed by atoms with Gasteiger partial charge in [0.2, 0.25) is 0 Å². The monoisotopic (exact) mass is 283 g/mol. The van der Waals surface area contributed by atoms with Gasteiger partial charge in [0.1, 0.15) is 5.82 Å². The lowest BCUT2D eigenvalue weighted by Gasteiger charge is -2.09. The zero-order chi connectivity index (χ0) is 14.8. The van der Waals surface area contributed by atoms with E-state index in [9.17, 15) is 17.6 Å². The summed E-state index contributed by atoms with van der Waals surface area (Å²) in [5, 5.41) is 0. The Morgan fingerprint density at radius 2 is 1.55 bits per heavy atom. The molecule has 5 heteroatoms. The van der Waals surface area contributed by atoms with Crippen molar-refractivity contribution in [1.82, 2.24) is 0 Å². The van der Waals surface area contributed by atoms with Crippen LogP contribution in [0.2, 0.25) is 0 Å². The summed E-state index contributed by atoms with van der Waals surface area (Å²) in [4.78, 5) is 0. The van der Waals surface area contributed by atoms with Gasteiger partial charge in [-0.1, -0.05) is 18.2 Å². The minimum atomic E-state index is -4.37. The molecule has 0 radical (unpaired) electrons. The lowest BCUT2D eigenvalue weighted by molar-refractivity contribution is -0.137. The summed E-state index contributed by atoms with van der Waals surface area (Å²) in [7, 11) is 0. The van der Waals surface area contributed by atoms with Crippen molar-refractivity contribution in [3.63, 3.8) is 0 Å². The SMILES string of the molecule is NCCc1cc(F)cc(-c2ccc(C(F)(F)F)cc2)c1. The Balaban J connectivity index is 2.36. The standard InChI is InChI=1S/C15H13F4N/c16-14-8-10(5-6-20)7-12(9-14)11-1-3-13(4-2-11)15(17,18)19/h1-4,7-9H,5-6,20H2. The number of hydrogen-bond donors (Lipinski definition) is 1. The fourth-order valence-electron chi connectivity index (χ4n) is 1.98. The van der Waals surface area contributed by atoms with Crippen molar-refractivity contribution in [2.75, 3.05) is 6.54 Å². The Labute approximate surface area is 114 Å². The molecule has 0 bridgehead atoms. The fraction of sp³-hybridized carbons (Fsp3) is 0.200. The van der Waals surface area contributed by atoms with E-state index in [1.165, 1.54) is 24.3 Å². The first-order valence-corrected chi connectivity index (χ1v) is 6.07. The van der Waals surface area contributed by atoms with Gasteiger partial charge in [-0.3, -0.25) is 0 Å². The van der Waals surface area contributed by atoms with E-state index in [1.807, 2.05) is 0 Å². The van der Waals surface area contributed by atoms with E-state index in [1.54, 1.807) is 6.07 Å². The van der Waals surface area contributed by atoms with Crippen LogP contribution in [0.15, 0.2) is 42.5 Å². The van der Waals surface area contributed by atoms with E-state index < -0.39 is 17.6 Å². The molecule has 0 saturated carbocycles. The number of nitrogens with two attached hydrogens (primary N) is 1. The Bertz CT molecular complexity index is 588. The van der Waals surface area contributed by atoms with Crippen molar-refractivity contribution >= 4 is 0 Å². The molecule has 0 heterocycles. The maximum atomic E-state index is 13.5. The highest BCUT2D eigenvalue weighted by Gasteiger charge is 2.29. The van der Waals surface area contributed by atoms with Crippen LogP contribution in [0, 0.1) is 5.82 Å². The second kappa shape index (κ2) is 5.63. The first kappa shape index (κ1) is 14.5. The average Bonchev–Trinajstić information content (AvgIpc) is 2.37. The van der Waals surface area contributed by atoms with Gasteiger partial charge in [-0.05, 0) is 53.9 Å². The molecule has 0 aliphatic rings. The maximum absolute atomic E-state index is 13.5. The molecule has 0 aromatic heterocycles. The van der Waals surface area contributed by atoms with Crippen LogP contribution in [0.1, 0.15) is 11.1 Å². The molecule has 0 spiro atoms. The zero-order valence-corrected chi connectivity index (χ0v) is 10.5. The molecular formula is C15H13F4N. The van der Waals surface area contributed by atoms with Crippen molar-refractivity contribution < 1.29 is 17.6 Å². The van der Waals surface area contributed by atoms with Crippen molar-refractivity contribution in [3.8, 4) is 11.1 Å². The Morgan fingerprint density at radius 1 is 0.900 bits per heavy atom. The van der Waals surface area contributed by atoms with E-state index in [-0.39, 0.29) is 0 Å². The molecule has 0 atom stereocenters. The number of hydrogen-bond acceptors (Lipinski definition) is 1. The summed E-state index contributed by atoms with van der Waals surface area (Å²) < 4.78 is 50.9. The summed E-state index contributed by atoms with van der Waals surface area (Å²) in [6.45, 7) is 0.385. The van der Waals surface area contributed by atoms with Crippen molar-refractivity contribution in [1.29, 1.82) is 0 Å². The summed E-state index contributed by atoms with van der Waals surface area (Å²) >= 11 is 0. The van der Waals surface area contributed by atoms with Crippen LogP contribution in [0.25, 0.3) is 11.1 Å². The van der Waals surface area contributed by atoms with Gasteiger partial charge >= 0.3 is 6.18 Å². The van der Waals surface area contributed by atoms with Gasteiger partial charge in [-0.15, -0.1) is 0 Å². The molecule has 2 aromatic rings. The molecule has 2 N–H and O–H groups in total. The predicted octanol–water partition coefficient (Wildman–Crippen LogP) is 4.01. The van der Waals surface area contributed by atoms with Gasteiger partial charge in [0.25, 0.3) is 0 Å². The molecule has 0 aliphatic carbocycles. The second-order valence-corrected chi connectivity index (χ2v) is 4.46. The molecule has 1 nitrogen and oxygen atoms in total. The second-order valence-electron chi connectivity index (χ2n) is 4.46. The lowest BCUT2D eigenvalue weighted by Crippen LogP contribution is -2.04. The van der Waals surface area contributed by atoms with Crippen LogP contribution in [-0.4, -0.2) is 6.54 Å². The van der Waals surface area contributed by atoms with E-state index in [4.69, 9.17) is 5.73 Å². The van der Waals surface area contributed by atoms with E-state index in [2.05, 4.69) is 0 Å². The van der Waals surface area contributed by atoms with Crippen LogP contribution < -0.4 is 5.73 Å². The number of halogens is 4. The molecule has 106 valence electrons. The van der Waals surface area contributed by atoms with Gasteiger partial charge in [-0.25, -0.2) is 4.39 Å². The molecular weight excluding hydrogens is 270 g/mol. The van der Waals surface area contributed by atoms with Crippen molar-refractivity contribution in [3.05, 3.63) is 59.4 Å². The molecule has 0 amide bonds. The number of benzene rings is 2. The molecule has 0 fully saturated rings. The van der Waals surface area contributed by atoms with Crippen LogP contribution in [0.3, 0.4) is 0 Å². The zero-order valence-electron chi connectivity index (χ0n) is 10.5. The Kier molecular flexibility index (Phi) is 4.09. The molecule has 0 saturated heterocycles. The first-order chi connectivity index (χ1) is 9.40. The van der Waals surface area contributed by atoms with Crippen molar-refractivity contribution in [2.45, 2.75) is 12.6 Å². The number of alkyl halides is 3. The molecule has 20 heavy (non-hydrogen) atoms. The maximum Gasteiger partial charge on any atom is 0.416 e. The number of rotatable bonds is 3. The fourth-order valence-corrected chi connectivity index (χ4v) is 1.98. The van der Waals surface area contributed by atoms with Crippen LogP contribution in [0.4, 0.5) is 17.6 Å². The van der Waals surface area contributed by atoms with Gasteiger partial charge < -0.3 is 5.73 Å². The van der Waals surface area contributed by atoms with Crippen LogP contribution in [0.5, 0.6) is 0 Å². The summed E-state index contributed by atoms with van der Waals surface area (Å²) in [5.41, 5.74) is 6.50. The Hall–Kier alpha value is -1.88. The topological polar surface area (TPSA) is 26.0 Å². The normalized spacial score (nSPS) is 11.7. The largest absolute Gasteiger partial charge is 0.416 e. The third-order valence-corrected chi connectivity index (χ3v) is 2.94. The molecule has 2 rings (SSSR count). The summed E-state index contributed by atoms with van der Waals surface area (Å²) in [5.74, 6) is -0.425. The lowest BCUT2D eigenvalue weighted by atomic mass is 10.0. The summed E-state index contributed by atoms with van der Waals surface area (Å²) in [6, 6.07) is 9.06. The molecule has 0 aliphatic heterocycles. The smallest absolute Gasteiger partial charge is 0.330 e. The third kappa shape index (κ3) is 3.36. The minimum Gasteiger partial charge on any atom is -0.330 e.